The minimum atomic E-state index is -0.979. The Hall–Kier alpha value is -1.23. The van der Waals surface area contributed by atoms with E-state index in [9.17, 15) is 4.79 Å². The van der Waals surface area contributed by atoms with Gasteiger partial charge in [0.2, 0.25) is 0 Å². The highest BCUT2D eigenvalue weighted by molar-refractivity contribution is 6.99. The number of carboxylic acids is 1. The number of rotatable bonds is 2. The van der Waals surface area contributed by atoms with Gasteiger partial charge in [0.05, 0.1) is 23.6 Å². The summed E-state index contributed by atoms with van der Waals surface area (Å²) >= 11 is 1.05. The summed E-state index contributed by atoms with van der Waals surface area (Å²) in [5.74, 6) is -0.979. The number of hydrogen-bond acceptors (Lipinski definition) is 4. The Bertz CT molecular complexity index is 242. The summed E-state index contributed by atoms with van der Waals surface area (Å²) in [6.07, 6.45) is 3.92. The first-order valence-electron chi connectivity index (χ1n) is 2.47. The number of aliphatic carboxylic acids is 1. The van der Waals surface area contributed by atoms with E-state index in [-0.39, 0.29) is 0 Å². The highest BCUT2D eigenvalue weighted by atomic mass is 32.1. The van der Waals surface area contributed by atoms with Crippen LogP contribution >= 0.6 is 11.7 Å². The molecule has 0 radical (unpaired) electrons. The molecule has 0 saturated heterocycles. The van der Waals surface area contributed by atoms with E-state index in [1.54, 1.807) is 0 Å². The van der Waals surface area contributed by atoms with Crippen molar-refractivity contribution in [2.24, 2.45) is 0 Å². The fourth-order valence-corrected chi connectivity index (χ4v) is 0.807. The van der Waals surface area contributed by atoms with Crippen LogP contribution in [0.1, 0.15) is 5.69 Å². The second kappa shape index (κ2) is 3.07. The third-order valence-electron chi connectivity index (χ3n) is 0.775. The molecule has 5 heteroatoms. The summed E-state index contributed by atoms with van der Waals surface area (Å²) in [7, 11) is 0. The van der Waals surface area contributed by atoms with Gasteiger partial charge in [-0.05, 0) is 6.08 Å². The first-order valence-corrected chi connectivity index (χ1v) is 3.20. The predicted molar refractivity (Wildman–Crippen MR) is 36.6 cm³/mol. The lowest BCUT2D eigenvalue weighted by Gasteiger charge is -1.76. The van der Waals surface area contributed by atoms with E-state index in [0.29, 0.717) is 5.69 Å². The molecule has 0 bridgehead atoms. The lowest BCUT2D eigenvalue weighted by atomic mass is 10.4. The molecule has 0 aliphatic carbocycles. The second-order valence-corrected chi connectivity index (χ2v) is 2.06. The van der Waals surface area contributed by atoms with Gasteiger partial charge in [-0.2, -0.15) is 8.75 Å². The Kier molecular flexibility index (Phi) is 2.11. The molecule has 0 saturated carbocycles. The van der Waals surface area contributed by atoms with Crippen LogP contribution in [0.3, 0.4) is 0 Å². The van der Waals surface area contributed by atoms with Crippen molar-refractivity contribution >= 4 is 23.8 Å². The van der Waals surface area contributed by atoms with Crippen molar-refractivity contribution in [3.63, 3.8) is 0 Å². The van der Waals surface area contributed by atoms with Crippen LogP contribution in [-0.4, -0.2) is 19.8 Å². The summed E-state index contributed by atoms with van der Waals surface area (Å²) in [6, 6.07) is 0. The number of hydrogen-bond donors (Lipinski definition) is 1. The van der Waals surface area contributed by atoms with Gasteiger partial charge in [-0.3, -0.25) is 0 Å². The van der Waals surface area contributed by atoms with Gasteiger partial charge in [-0.25, -0.2) is 4.79 Å². The summed E-state index contributed by atoms with van der Waals surface area (Å²) in [5, 5.41) is 8.18. The van der Waals surface area contributed by atoms with Gasteiger partial charge in [0.25, 0.3) is 0 Å². The quantitative estimate of drug-likeness (QED) is 0.638. The minimum Gasteiger partial charge on any atom is -0.478 e. The van der Waals surface area contributed by atoms with Crippen LogP contribution in [0.4, 0.5) is 0 Å². The molecule has 1 heterocycles. The largest absolute Gasteiger partial charge is 0.478 e. The van der Waals surface area contributed by atoms with Gasteiger partial charge in [-0.1, -0.05) is 0 Å². The molecule has 0 aliphatic heterocycles. The maximum Gasteiger partial charge on any atom is 0.328 e. The van der Waals surface area contributed by atoms with Gasteiger partial charge in [0.1, 0.15) is 0 Å². The summed E-state index contributed by atoms with van der Waals surface area (Å²) < 4.78 is 7.46. The maximum atomic E-state index is 9.96. The molecule has 0 spiro atoms. The summed E-state index contributed by atoms with van der Waals surface area (Å²) in [4.78, 5) is 9.96. The first-order chi connectivity index (χ1) is 4.79. The lowest BCUT2D eigenvalue weighted by molar-refractivity contribution is -0.131. The zero-order valence-electron chi connectivity index (χ0n) is 4.89. The van der Waals surface area contributed by atoms with E-state index in [0.717, 1.165) is 17.8 Å². The van der Waals surface area contributed by atoms with E-state index < -0.39 is 5.97 Å². The van der Waals surface area contributed by atoms with Gasteiger partial charge in [0.15, 0.2) is 0 Å². The van der Waals surface area contributed by atoms with Crippen LogP contribution in [-0.2, 0) is 4.79 Å². The molecule has 1 rings (SSSR count). The molecule has 10 heavy (non-hydrogen) atoms. The molecule has 0 unspecified atom stereocenters. The van der Waals surface area contributed by atoms with E-state index in [1.807, 2.05) is 0 Å². The predicted octanol–water partition coefficient (Wildman–Crippen LogP) is 0.636. The van der Waals surface area contributed by atoms with Crippen molar-refractivity contribution in [3.8, 4) is 0 Å². The van der Waals surface area contributed by atoms with Crippen molar-refractivity contribution in [1.82, 2.24) is 8.75 Å². The molecular formula is C5H4N2O2S. The van der Waals surface area contributed by atoms with Crippen molar-refractivity contribution in [2.45, 2.75) is 0 Å². The van der Waals surface area contributed by atoms with E-state index >= 15 is 0 Å². The SMILES string of the molecule is O=C(O)C=Cc1cnsn1. The van der Waals surface area contributed by atoms with Crippen LogP contribution in [0.15, 0.2) is 12.3 Å². The highest BCUT2D eigenvalue weighted by Crippen LogP contribution is 1.96. The Morgan fingerprint density at radius 3 is 3.10 bits per heavy atom. The molecule has 0 aromatic carbocycles. The van der Waals surface area contributed by atoms with Crippen molar-refractivity contribution in [2.75, 3.05) is 0 Å². The monoisotopic (exact) mass is 156 g/mol. The van der Waals surface area contributed by atoms with Crippen LogP contribution < -0.4 is 0 Å². The molecule has 1 aromatic heterocycles. The first kappa shape index (κ1) is 6.88. The van der Waals surface area contributed by atoms with Crippen LogP contribution in [0.2, 0.25) is 0 Å². The zero-order chi connectivity index (χ0) is 7.40. The van der Waals surface area contributed by atoms with Gasteiger partial charge in [-0.15, -0.1) is 0 Å². The Morgan fingerprint density at radius 1 is 1.80 bits per heavy atom. The van der Waals surface area contributed by atoms with Crippen molar-refractivity contribution < 1.29 is 9.90 Å². The molecule has 0 amide bonds. The average Bonchev–Trinajstić information content (AvgIpc) is 2.34. The fraction of sp³-hybridized carbons (Fsp3) is 0. The molecule has 0 fully saturated rings. The van der Waals surface area contributed by atoms with Crippen LogP contribution in [0.5, 0.6) is 0 Å². The van der Waals surface area contributed by atoms with Gasteiger partial charge < -0.3 is 5.11 Å². The fourth-order valence-electron chi connectivity index (χ4n) is 0.402. The van der Waals surface area contributed by atoms with Crippen molar-refractivity contribution in [1.29, 1.82) is 0 Å². The smallest absolute Gasteiger partial charge is 0.328 e. The Balaban J connectivity index is 2.64. The summed E-state index contributed by atoms with van der Waals surface area (Å²) in [6.45, 7) is 0. The second-order valence-electron chi connectivity index (χ2n) is 1.50. The normalized spacial score (nSPS) is 10.4. The van der Waals surface area contributed by atoms with Crippen molar-refractivity contribution in [3.05, 3.63) is 18.0 Å². The van der Waals surface area contributed by atoms with Gasteiger partial charge >= 0.3 is 5.97 Å². The molecule has 52 valence electrons. The molecular weight excluding hydrogens is 152 g/mol. The molecule has 0 atom stereocenters. The third-order valence-corrected chi connectivity index (χ3v) is 1.27. The van der Waals surface area contributed by atoms with E-state index in [4.69, 9.17) is 5.11 Å². The molecule has 4 nitrogen and oxygen atoms in total. The average molecular weight is 156 g/mol. The summed E-state index contributed by atoms with van der Waals surface area (Å²) in [5.41, 5.74) is 0.576. The van der Waals surface area contributed by atoms with E-state index in [2.05, 4.69) is 8.75 Å². The molecule has 1 aromatic rings. The highest BCUT2D eigenvalue weighted by Gasteiger charge is 1.89. The maximum absolute atomic E-state index is 9.96. The number of nitrogens with zero attached hydrogens (tertiary/aromatic N) is 2. The molecule has 1 N–H and O–H groups in total. The third kappa shape index (κ3) is 1.94. The number of carbonyl (C=O) groups is 1. The van der Waals surface area contributed by atoms with Gasteiger partial charge in [0, 0.05) is 6.08 Å². The number of aromatic nitrogens is 2. The Labute approximate surface area is 61.2 Å². The minimum absolute atomic E-state index is 0.576. The Morgan fingerprint density at radius 2 is 2.60 bits per heavy atom. The zero-order valence-corrected chi connectivity index (χ0v) is 5.71. The number of carboxylic acid groups (broad SMARTS) is 1. The lowest BCUT2D eigenvalue weighted by Crippen LogP contribution is -1.85. The molecule has 0 aliphatic rings. The standard InChI is InChI=1S/C5H4N2O2S/c8-5(9)2-1-4-3-6-10-7-4/h1-3H,(H,8,9). The van der Waals surface area contributed by atoms with Crippen LogP contribution in [0.25, 0.3) is 6.08 Å². The van der Waals surface area contributed by atoms with E-state index in [1.165, 1.54) is 12.3 Å². The van der Waals surface area contributed by atoms with Crippen LogP contribution in [0, 0.1) is 0 Å². The topological polar surface area (TPSA) is 63.1 Å².